The van der Waals surface area contributed by atoms with Gasteiger partial charge >= 0.3 is 11.9 Å². The molecule has 0 saturated heterocycles. The average molecular weight is 397 g/mol. The van der Waals surface area contributed by atoms with Gasteiger partial charge in [0.05, 0.1) is 13.7 Å². The van der Waals surface area contributed by atoms with Crippen LogP contribution in [0.2, 0.25) is 0 Å². The van der Waals surface area contributed by atoms with Crippen LogP contribution in [0.5, 0.6) is 17.2 Å². The summed E-state index contributed by atoms with van der Waals surface area (Å²) in [6, 6.07) is 11.9. The summed E-state index contributed by atoms with van der Waals surface area (Å²) in [4.78, 5) is 27.1. The number of hydrogen-bond acceptors (Lipinski definition) is 7. The molecule has 1 aliphatic rings. The molecule has 1 aliphatic heterocycles. The topological polar surface area (TPSA) is 104 Å². The van der Waals surface area contributed by atoms with E-state index >= 15 is 0 Å². The van der Waals surface area contributed by atoms with Crippen molar-refractivity contribution in [1.82, 2.24) is 0 Å². The van der Waals surface area contributed by atoms with Crippen molar-refractivity contribution in [2.75, 3.05) is 20.3 Å². The fourth-order valence-corrected chi connectivity index (χ4v) is 2.58. The number of carbonyl (C=O) groups excluding carboxylic acids is 1. The maximum atomic E-state index is 12.2. The van der Waals surface area contributed by atoms with Gasteiger partial charge in [-0.1, -0.05) is 6.07 Å². The number of aliphatic imine (C=N–C) groups is 1. The molecule has 8 nitrogen and oxygen atoms in total. The molecular formula is C21H19NO7. The van der Waals surface area contributed by atoms with Crippen molar-refractivity contribution >= 4 is 23.9 Å². The van der Waals surface area contributed by atoms with Crippen molar-refractivity contribution in [3.63, 3.8) is 0 Å². The van der Waals surface area contributed by atoms with Gasteiger partial charge in [0.15, 0.2) is 23.8 Å². The van der Waals surface area contributed by atoms with Crippen molar-refractivity contribution in [2.45, 2.75) is 6.92 Å². The van der Waals surface area contributed by atoms with Gasteiger partial charge < -0.3 is 24.1 Å². The Morgan fingerprint density at radius 2 is 1.90 bits per heavy atom. The normalized spacial score (nSPS) is 14.3. The molecule has 1 N–H and O–H groups in total. The molecule has 2 aromatic carbocycles. The highest BCUT2D eigenvalue weighted by Gasteiger charge is 2.24. The van der Waals surface area contributed by atoms with E-state index in [0.717, 1.165) is 0 Å². The third-order valence-electron chi connectivity index (χ3n) is 3.87. The molecule has 0 aliphatic carbocycles. The zero-order valence-electron chi connectivity index (χ0n) is 15.9. The highest BCUT2D eigenvalue weighted by molar-refractivity contribution is 6.12. The van der Waals surface area contributed by atoms with Gasteiger partial charge in [-0.2, -0.15) is 0 Å². The molecule has 0 saturated carbocycles. The van der Waals surface area contributed by atoms with Crippen LogP contribution < -0.4 is 14.2 Å². The summed E-state index contributed by atoms with van der Waals surface area (Å²) < 4.78 is 21.0. The maximum absolute atomic E-state index is 12.2. The molecule has 150 valence electrons. The van der Waals surface area contributed by atoms with Crippen LogP contribution in [0.1, 0.15) is 18.1 Å². The lowest BCUT2D eigenvalue weighted by Gasteiger charge is -2.09. The Morgan fingerprint density at radius 3 is 2.55 bits per heavy atom. The highest BCUT2D eigenvalue weighted by atomic mass is 16.6. The van der Waals surface area contributed by atoms with E-state index in [1.165, 1.54) is 7.11 Å². The minimum absolute atomic E-state index is 0.134. The van der Waals surface area contributed by atoms with Gasteiger partial charge in [-0.05, 0) is 55.0 Å². The van der Waals surface area contributed by atoms with Crippen LogP contribution in [0.3, 0.4) is 0 Å². The smallest absolute Gasteiger partial charge is 0.363 e. The number of carbonyl (C=O) groups is 2. The Hall–Kier alpha value is -3.81. The van der Waals surface area contributed by atoms with Crippen LogP contribution in [0, 0.1) is 0 Å². The Balaban J connectivity index is 1.82. The third kappa shape index (κ3) is 4.92. The lowest BCUT2D eigenvalue weighted by atomic mass is 10.1. The number of cyclic esters (lactones) is 1. The van der Waals surface area contributed by atoms with Gasteiger partial charge in [0.2, 0.25) is 5.90 Å². The number of esters is 1. The molecule has 0 atom stereocenters. The van der Waals surface area contributed by atoms with E-state index in [4.69, 9.17) is 24.1 Å². The number of methoxy groups -OCH3 is 1. The predicted molar refractivity (Wildman–Crippen MR) is 104 cm³/mol. The van der Waals surface area contributed by atoms with E-state index in [9.17, 15) is 9.59 Å². The third-order valence-corrected chi connectivity index (χ3v) is 3.87. The van der Waals surface area contributed by atoms with Crippen LogP contribution in [-0.4, -0.2) is 43.3 Å². The van der Waals surface area contributed by atoms with E-state index in [-0.39, 0.29) is 17.3 Å². The molecule has 29 heavy (non-hydrogen) atoms. The Bertz CT molecular complexity index is 977. The molecule has 1 heterocycles. The quantitative estimate of drug-likeness (QED) is 0.539. The fraction of sp³-hybridized carbons (Fsp3) is 0.190. The SMILES string of the molecule is CCOc1ccc(C2=N/C(=C\c3ccc(OCC(=O)O)c(OC)c3)C(=O)O2)cc1. The highest BCUT2D eigenvalue weighted by Crippen LogP contribution is 2.30. The number of benzene rings is 2. The average Bonchev–Trinajstić information content (AvgIpc) is 3.08. The minimum Gasteiger partial charge on any atom is -0.494 e. The van der Waals surface area contributed by atoms with Gasteiger partial charge in [0, 0.05) is 5.56 Å². The first-order chi connectivity index (χ1) is 14.0. The molecule has 8 heteroatoms. The molecule has 3 rings (SSSR count). The first-order valence-corrected chi connectivity index (χ1v) is 8.78. The van der Waals surface area contributed by atoms with E-state index in [1.807, 2.05) is 6.92 Å². The second-order valence-electron chi connectivity index (χ2n) is 5.89. The molecular weight excluding hydrogens is 378 g/mol. The van der Waals surface area contributed by atoms with E-state index in [2.05, 4.69) is 4.99 Å². The zero-order chi connectivity index (χ0) is 20.8. The number of carboxylic acid groups (broad SMARTS) is 1. The van der Waals surface area contributed by atoms with Crippen LogP contribution >= 0.6 is 0 Å². The summed E-state index contributed by atoms with van der Waals surface area (Å²) >= 11 is 0. The minimum atomic E-state index is -1.09. The van der Waals surface area contributed by atoms with Crippen molar-refractivity contribution in [3.8, 4) is 17.2 Å². The van der Waals surface area contributed by atoms with E-state index in [1.54, 1.807) is 48.5 Å². The summed E-state index contributed by atoms with van der Waals surface area (Å²) in [6.45, 7) is 1.97. The molecule has 0 radical (unpaired) electrons. The fourth-order valence-electron chi connectivity index (χ4n) is 2.58. The van der Waals surface area contributed by atoms with Gasteiger partial charge in [0.1, 0.15) is 5.75 Å². The summed E-state index contributed by atoms with van der Waals surface area (Å²) in [5.41, 5.74) is 1.41. The van der Waals surface area contributed by atoms with Crippen LogP contribution in [0.25, 0.3) is 6.08 Å². The number of rotatable bonds is 8. The summed E-state index contributed by atoms with van der Waals surface area (Å²) in [7, 11) is 1.44. The molecule has 0 fully saturated rings. The molecule has 0 aromatic heterocycles. The largest absolute Gasteiger partial charge is 0.494 e. The summed E-state index contributed by atoms with van der Waals surface area (Å²) in [5, 5.41) is 8.72. The molecule has 0 spiro atoms. The van der Waals surface area contributed by atoms with Crippen molar-refractivity contribution in [2.24, 2.45) is 4.99 Å². The zero-order valence-corrected chi connectivity index (χ0v) is 15.9. The lowest BCUT2D eigenvalue weighted by Crippen LogP contribution is -2.10. The van der Waals surface area contributed by atoms with E-state index < -0.39 is 18.5 Å². The number of ether oxygens (including phenoxy) is 4. The van der Waals surface area contributed by atoms with Crippen LogP contribution in [0.15, 0.2) is 53.2 Å². The second-order valence-corrected chi connectivity index (χ2v) is 5.89. The van der Waals surface area contributed by atoms with Crippen molar-refractivity contribution < 1.29 is 33.6 Å². The first-order valence-electron chi connectivity index (χ1n) is 8.78. The second kappa shape index (κ2) is 8.92. The number of aliphatic carboxylic acids is 1. The monoisotopic (exact) mass is 397 g/mol. The van der Waals surface area contributed by atoms with Gasteiger partial charge in [0.25, 0.3) is 0 Å². The Kier molecular flexibility index (Phi) is 6.13. The number of nitrogens with zero attached hydrogens (tertiary/aromatic N) is 1. The molecule has 2 aromatic rings. The molecule has 0 unspecified atom stereocenters. The Morgan fingerprint density at radius 1 is 1.14 bits per heavy atom. The van der Waals surface area contributed by atoms with Crippen LogP contribution in [0.4, 0.5) is 0 Å². The Labute approximate surface area is 167 Å². The number of carboxylic acids is 1. The lowest BCUT2D eigenvalue weighted by molar-refractivity contribution is -0.139. The first kappa shape index (κ1) is 19.9. The van der Waals surface area contributed by atoms with E-state index in [0.29, 0.717) is 29.2 Å². The summed E-state index contributed by atoms with van der Waals surface area (Å²) in [6.07, 6.45) is 1.55. The van der Waals surface area contributed by atoms with Gasteiger partial charge in [-0.25, -0.2) is 14.6 Å². The van der Waals surface area contributed by atoms with Crippen molar-refractivity contribution in [1.29, 1.82) is 0 Å². The van der Waals surface area contributed by atoms with Crippen LogP contribution in [-0.2, 0) is 14.3 Å². The van der Waals surface area contributed by atoms with Crippen molar-refractivity contribution in [3.05, 3.63) is 59.3 Å². The maximum Gasteiger partial charge on any atom is 0.363 e. The number of hydrogen-bond donors (Lipinski definition) is 1. The van der Waals surface area contributed by atoms with Gasteiger partial charge in [-0.15, -0.1) is 0 Å². The standard InChI is InChI=1S/C21H19NO7/c1-3-27-15-7-5-14(6-8-15)20-22-16(21(25)29-20)10-13-4-9-17(18(11-13)26-2)28-12-19(23)24/h4-11H,3,12H2,1-2H3,(H,23,24)/b16-10-. The molecule has 0 amide bonds. The molecule has 0 bridgehead atoms. The predicted octanol–water partition coefficient (Wildman–Crippen LogP) is 2.90. The summed E-state index contributed by atoms with van der Waals surface area (Å²) in [5.74, 6) is -0.124. The van der Waals surface area contributed by atoms with Gasteiger partial charge in [-0.3, -0.25) is 0 Å².